The van der Waals surface area contributed by atoms with E-state index in [1.807, 2.05) is 12.3 Å². The summed E-state index contributed by atoms with van der Waals surface area (Å²) in [5.41, 5.74) is 2.84. The molecule has 20 heavy (non-hydrogen) atoms. The number of unbranched alkanes of at least 4 members (excludes halogenated alkanes) is 2. The number of hydrazine groups is 1. The summed E-state index contributed by atoms with van der Waals surface area (Å²) in [7, 11) is 0. The van der Waals surface area contributed by atoms with Crippen molar-refractivity contribution < 1.29 is 0 Å². The maximum Gasteiger partial charge on any atom is 0.191 e. The molecule has 1 rings (SSSR count). The number of nitrogen functional groups attached to an aromatic ring is 1. The van der Waals surface area contributed by atoms with Crippen LogP contribution in [0.4, 0.5) is 11.6 Å². The number of rotatable bonds is 9. The summed E-state index contributed by atoms with van der Waals surface area (Å²) in [5.74, 6) is 6.88. The minimum absolute atomic E-state index is 0.260. The molecule has 0 amide bonds. The molecule has 0 spiro atoms. The number of thioether (sulfide) groups is 1. The van der Waals surface area contributed by atoms with Gasteiger partial charge in [0.05, 0.1) is 0 Å². The van der Waals surface area contributed by atoms with Crippen molar-refractivity contribution in [3.63, 3.8) is 0 Å². The Kier molecular flexibility index (Phi) is 7.09. The highest BCUT2D eigenvalue weighted by Crippen LogP contribution is 2.25. The number of hydrogen-bond donors (Lipinski definition) is 3. The van der Waals surface area contributed by atoms with E-state index in [-0.39, 0.29) is 5.41 Å². The fraction of sp³-hybridized carbons (Fsp3) is 0.714. The predicted octanol–water partition coefficient (Wildman–Crippen LogP) is 3.50. The van der Waals surface area contributed by atoms with Gasteiger partial charge in [-0.2, -0.15) is 0 Å². The van der Waals surface area contributed by atoms with E-state index < -0.39 is 0 Å². The molecule has 0 aromatic carbocycles. The Morgan fingerprint density at radius 1 is 1.25 bits per heavy atom. The van der Waals surface area contributed by atoms with E-state index in [4.69, 9.17) is 5.84 Å². The average molecular weight is 297 g/mol. The molecule has 0 atom stereocenters. The molecule has 0 aliphatic heterocycles. The maximum absolute atomic E-state index is 5.43. The van der Waals surface area contributed by atoms with Crippen LogP contribution in [0.3, 0.4) is 0 Å². The molecule has 4 N–H and O–H groups in total. The Labute approximate surface area is 126 Å². The van der Waals surface area contributed by atoms with Crippen molar-refractivity contribution in [3.8, 4) is 0 Å². The molecule has 1 aromatic heterocycles. The Balaban J connectivity index is 2.59. The van der Waals surface area contributed by atoms with Crippen LogP contribution in [0.25, 0.3) is 0 Å². The monoisotopic (exact) mass is 297 g/mol. The fourth-order valence-corrected chi connectivity index (χ4v) is 2.33. The van der Waals surface area contributed by atoms with Crippen molar-refractivity contribution in [1.82, 2.24) is 9.97 Å². The van der Waals surface area contributed by atoms with Gasteiger partial charge < -0.3 is 10.7 Å². The smallest absolute Gasteiger partial charge is 0.191 e. The molecule has 0 saturated carbocycles. The number of aromatic nitrogens is 2. The lowest BCUT2D eigenvalue weighted by Gasteiger charge is -2.25. The first-order chi connectivity index (χ1) is 9.50. The Morgan fingerprint density at radius 3 is 2.55 bits per heavy atom. The second kappa shape index (κ2) is 8.32. The van der Waals surface area contributed by atoms with Crippen molar-refractivity contribution in [2.75, 3.05) is 23.5 Å². The molecule has 1 heterocycles. The molecular weight excluding hydrogens is 270 g/mol. The Hall–Kier alpha value is -1.01. The van der Waals surface area contributed by atoms with Crippen LogP contribution in [0, 0.1) is 5.41 Å². The summed E-state index contributed by atoms with van der Waals surface area (Å²) >= 11 is 1.50. The number of hydrogen-bond acceptors (Lipinski definition) is 6. The van der Waals surface area contributed by atoms with E-state index in [9.17, 15) is 0 Å². The second-order valence-electron chi connectivity index (χ2n) is 5.74. The first-order valence-corrected chi connectivity index (χ1v) is 8.37. The van der Waals surface area contributed by atoms with Gasteiger partial charge in [0.25, 0.3) is 0 Å². The fourth-order valence-electron chi connectivity index (χ4n) is 1.95. The van der Waals surface area contributed by atoms with Crippen molar-refractivity contribution in [2.24, 2.45) is 11.3 Å². The van der Waals surface area contributed by atoms with Gasteiger partial charge in [-0.25, -0.2) is 15.8 Å². The molecule has 0 saturated heterocycles. The number of nitrogens with one attached hydrogen (secondary N) is 2. The van der Waals surface area contributed by atoms with Crippen molar-refractivity contribution >= 4 is 23.4 Å². The highest BCUT2D eigenvalue weighted by atomic mass is 32.2. The zero-order valence-corrected chi connectivity index (χ0v) is 13.8. The molecule has 0 bridgehead atoms. The van der Waals surface area contributed by atoms with E-state index in [0.29, 0.717) is 11.0 Å². The minimum atomic E-state index is 0.260. The van der Waals surface area contributed by atoms with Crippen LogP contribution in [0.15, 0.2) is 11.2 Å². The van der Waals surface area contributed by atoms with Gasteiger partial charge in [-0.05, 0) is 18.1 Å². The zero-order chi connectivity index (χ0) is 15.0. The number of nitrogens with zero attached hydrogens (tertiary/aromatic N) is 2. The summed E-state index contributed by atoms with van der Waals surface area (Å²) in [5, 5.41) is 4.12. The minimum Gasteiger partial charge on any atom is -0.369 e. The molecule has 6 heteroatoms. The van der Waals surface area contributed by atoms with E-state index >= 15 is 0 Å². The van der Waals surface area contributed by atoms with Crippen LogP contribution in [0.5, 0.6) is 0 Å². The largest absolute Gasteiger partial charge is 0.369 e. The summed E-state index contributed by atoms with van der Waals surface area (Å²) < 4.78 is 0. The Bertz CT molecular complexity index is 386. The van der Waals surface area contributed by atoms with Gasteiger partial charge in [0.2, 0.25) is 0 Å². The van der Waals surface area contributed by atoms with Gasteiger partial charge in [0.15, 0.2) is 5.16 Å². The third-order valence-corrected chi connectivity index (χ3v) is 3.79. The van der Waals surface area contributed by atoms with Crippen LogP contribution in [0.2, 0.25) is 0 Å². The van der Waals surface area contributed by atoms with Crippen molar-refractivity contribution in [1.29, 1.82) is 0 Å². The van der Waals surface area contributed by atoms with Crippen LogP contribution >= 0.6 is 11.8 Å². The lowest BCUT2D eigenvalue weighted by atomic mass is 9.87. The molecule has 0 radical (unpaired) electrons. The zero-order valence-electron chi connectivity index (χ0n) is 13.0. The molecule has 0 aliphatic rings. The summed E-state index contributed by atoms with van der Waals surface area (Å²) in [6.07, 6.45) is 7.01. The van der Waals surface area contributed by atoms with E-state index in [0.717, 1.165) is 12.4 Å². The average Bonchev–Trinajstić information content (AvgIpc) is 2.45. The lowest BCUT2D eigenvalue weighted by molar-refractivity contribution is 0.342. The maximum atomic E-state index is 5.43. The van der Waals surface area contributed by atoms with Crippen molar-refractivity contribution in [2.45, 2.75) is 51.6 Å². The molecule has 1 aromatic rings. The summed E-state index contributed by atoms with van der Waals surface area (Å²) in [6.45, 7) is 7.70. The molecule has 0 unspecified atom stereocenters. The molecule has 114 valence electrons. The first kappa shape index (κ1) is 17.0. The number of nitrogens with two attached hydrogens (primary N) is 1. The van der Waals surface area contributed by atoms with Gasteiger partial charge in [0, 0.05) is 12.6 Å². The summed E-state index contributed by atoms with van der Waals surface area (Å²) in [4.78, 5) is 8.70. The van der Waals surface area contributed by atoms with Crippen LogP contribution in [-0.2, 0) is 0 Å². The van der Waals surface area contributed by atoms with Crippen LogP contribution in [-0.4, -0.2) is 22.8 Å². The van der Waals surface area contributed by atoms with Gasteiger partial charge in [-0.15, -0.1) is 0 Å². The van der Waals surface area contributed by atoms with Crippen LogP contribution in [0.1, 0.15) is 46.5 Å². The third-order valence-electron chi connectivity index (χ3n) is 3.24. The summed E-state index contributed by atoms with van der Waals surface area (Å²) in [6, 6.07) is 1.84. The van der Waals surface area contributed by atoms with Crippen LogP contribution < -0.4 is 16.6 Å². The SMILES string of the molecule is CCCCCC(C)(C)CNc1cc(NN)nc(SC)n1. The van der Waals surface area contributed by atoms with E-state index in [1.54, 1.807) is 0 Å². The molecule has 5 nitrogen and oxygen atoms in total. The standard InChI is InChI=1S/C14H27N5S/c1-5-6-7-8-14(2,3)10-16-11-9-12(19-15)18-13(17-11)20-4/h9H,5-8,10,15H2,1-4H3,(H2,16,17,18,19). The molecule has 0 aliphatic carbocycles. The highest BCUT2D eigenvalue weighted by Gasteiger charge is 2.17. The van der Waals surface area contributed by atoms with Gasteiger partial charge in [0.1, 0.15) is 11.6 Å². The second-order valence-corrected chi connectivity index (χ2v) is 6.52. The highest BCUT2D eigenvalue weighted by molar-refractivity contribution is 7.98. The third kappa shape index (κ3) is 5.96. The normalized spacial score (nSPS) is 11.4. The van der Waals surface area contributed by atoms with Gasteiger partial charge in [-0.1, -0.05) is 51.8 Å². The van der Waals surface area contributed by atoms with Crippen molar-refractivity contribution in [3.05, 3.63) is 6.07 Å². The molecule has 0 fully saturated rings. The molecular formula is C14H27N5S. The number of anilines is 2. The van der Waals surface area contributed by atoms with E-state index in [2.05, 4.69) is 41.5 Å². The predicted molar refractivity (Wildman–Crippen MR) is 88.0 cm³/mol. The topological polar surface area (TPSA) is 75.9 Å². The quantitative estimate of drug-likeness (QED) is 0.213. The van der Waals surface area contributed by atoms with Gasteiger partial charge >= 0.3 is 0 Å². The Morgan fingerprint density at radius 2 is 1.95 bits per heavy atom. The lowest BCUT2D eigenvalue weighted by Crippen LogP contribution is -2.23. The first-order valence-electron chi connectivity index (χ1n) is 7.14. The van der Waals surface area contributed by atoms with Gasteiger partial charge in [-0.3, -0.25) is 0 Å². The van der Waals surface area contributed by atoms with E-state index in [1.165, 1.54) is 37.4 Å².